The summed E-state index contributed by atoms with van der Waals surface area (Å²) in [6.07, 6.45) is -3.21. The zero-order valence-corrected chi connectivity index (χ0v) is 14.8. The molecule has 1 unspecified atom stereocenters. The summed E-state index contributed by atoms with van der Waals surface area (Å²) < 4.78 is 38.5. The molecule has 0 bridgehead atoms. The van der Waals surface area contributed by atoms with E-state index < -0.39 is 34.8 Å². The molecule has 2 N–H and O–H groups in total. The van der Waals surface area contributed by atoms with E-state index >= 15 is 0 Å². The Bertz CT molecular complexity index is 925. The Kier molecular flexibility index (Phi) is 5.53. The molecule has 148 valence electrons. The van der Waals surface area contributed by atoms with Crippen LogP contribution in [0.4, 0.5) is 13.2 Å². The van der Waals surface area contributed by atoms with Gasteiger partial charge in [0.1, 0.15) is 11.6 Å². The van der Waals surface area contributed by atoms with Crippen LogP contribution in [0.15, 0.2) is 47.4 Å². The van der Waals surface area contributed by atoms with Crippen LogP contribution in [0.2, 0.25) is 0 Å². The van der Waals surface area contributed by atoms with Gasteiger partial charge in [0.05, 0.1) is 5.56 Å². The van der Waals surface area contributed by atoms with Gasteiger partial charge in [0.25, 0.3) is 11.5 Å². The van der Waals surface area contributed by atoms with Crippen LogP contribution in [-0.4, -0.2) is 34.3 Å². The highest BCUT2D eigenvalue weighted by atomic mass is 19.4. The highest BCUT2D eigenvalue weighted by Gasteiger charge is 2.34. The van der Waals surface area contributed by atoms with Gasteiger partial charge in [0.2, 0.25) is 5.91 Å². The first-order valence-corrected chi connectivity index (χ1v) is 8.69. The van der Waals surface area contributed by atoms with E-state index in [2.05, 4.69) is 5.32 Å². The minimum Gasteiger partial charge on any atom is -0.340 e. The van der Waals surface area contributed by atoms with E-state index in [9.17, 15) is 27.6 Å². The normalized spacial score (nSPS) is 17.5. The summed E-state index contributed by atoms with van der Waals surface area (Å²) in [7, 11) is 0. The second-order valence-corrected chi connectivity index (χ2v) is 6.54. The van der Waals surface area contributed by atoms with Crippen molar-refractivity contribution in [1.29, 1.82) is 0 Å². The van der Waals surface area contributed by atoms with Crippen molar-refractivity contribution in [2.24, 2.45) is 0 Å². The number of pyridine rings is 1. The average molecular weight is 393 g/mol. The van der Waals surface area contributed by atoms with Crippen LogP contribution in [0.25, 0.3) is 0 Å². The third-order valence-corrected chi connectivity index (χ3v) is 4.53. The number of alkyl halides is 3. The van der Waals surface area contributed by atoms with Gasteiger partial charge >= 0.3 is 6.18 Å². The van der Waals surface area contributed by atoms with E-state index in [1.54, 1.807) is 4.90 Å². The molecule has 0 aliphatic carbocycles. The maximum atomic E-state index is 12.8. The molecule has 1 aliphatic rings. The van der Waals surface area contributed by atoms with Crippen molar-refractivity contribution in [3.63, 3.8) is 0 Å². The zero-order valence-electron chi connectivity index (χ0n) is 14.8. The van der Waals surface area contributed by atoms with Crippen molar-refractivity contribution in [3.05, 3.63) is 69.6 Å². The minimum absolute atomic E-state index is 0.327. The van der Waals surface area contributed by atoms with Gasteiger partial charge in [-0.15, -0.1) is 0 Å². The number of carbonyl (C=O) groups is 2. The van der Waals surface area contributed by atoms with Crippen LogP contribution in [0.5, 0.6) is 0 Å². The van der Waals surface area contributed by atoms with Gasteiger partial charge in [-0.25, -0.2) is 0 Å². The van der Waals surface area contributed by atoms with Crippen molar-refractivity contribution >= 4 is 11.8 Å². The lowest BCUT2D eigenvalue weighted by Crippen LogP contribution is -2.52. The second-order valence-electron chi connectivity index (χ2n) is 6.54. The summed E-state index contributed by atoms with van der Waals surface area (Å²) in [5.74, 6) is -1.33. The molecule has 28 heavy (non-hydrogen) atoms. The third-order valence-electron chi connectivity index (χ3n) is 4.53. The standard InChI is InChI=1S/C19H18F3N3O3/c20-19(21,22)13-9-14(16(26)23-10-13)17(27)24-15-7-4-8-25(18(15)28)11-12-5-2-1-3-6-12/h1-3,5-6,9-10,15H,4,7-8,11H2,(H,23,26)(H,24,27). The maximum absolute atomic E-state index is 12.8. The molecule has 1 aromatic heterocycles. The number of nitrogens with one attached hydrogen (secondary N) is 2. The van der Waals surface area contributed by atoms with Crippen LogP contribution in [0.1, 0.15) is 34.3 Å². The predicted octanol–water partition coefficient (Wildman–Crippen LogP) is 2.31. The van der Waals surface area contributed by atoms with Gasteiger partial charge in [-0.05, 0) is 24.5 Å². The molecule has 3 rings (SSSR count). The summed E-state index contributed by atoms with van der Waals surface area (Å²) in [5, 5.41) is 2.40. The van der Waals surface area contributed by atoms with E-state index in [0.29, 0.717) is 38.2 Å². The molecule has 2 amide bonds. The topological polar surface area (TPSA) is 82.3 Å². The lowest BCUT2D eigenvalue weighted by atomic mass is 10.0. The van der Waals surface area contributed by atoms with E-state index in [1.165, 1.54) is 0 Å². The lowest BCUT2D eigenvalue weighted by molar-refractivity contribution is -0.138. The summed E-state index contributed by atoms with van der Waals surface area (Å²) in [5.41, 5.74) is -1.84. The van der Waals surface area contributed by atoms with Crippen molar-refractivity contribution < 1.29 is 22.8 Å². The summed E-state index contributed by atoms with van der Waals surface area (Å²) in [6, 6.07) is 8.90. The first-order valence-electron chi connectivity index (χ1n) is 8.69. The third kappa shape index (κ3) is 4.41. The largest absolute Gasteiger partial charge is 0.417 e. The highest BCUT2D eigenvalue weighted by molar-refractivity contribution is 5.97. The molecule has 9 heteroatoms. The zero-order chi connectivity index (χ0) is 20.3. The van der Waals surface area contributed by atoms with Gasteiger partial charge in [-0.3, -0.25) is 14.4 Å². The number of benzene rings is 1. The Labute approximate surface area is 158 Å². The number of aromatic amines is 1. The number of hydrogen-bond donors (Lipinski definition) is 2. The van der Waals surface area contributed by atoms with Crippen LogP contribution in [0.3, 0.4) is 0 Å². The molecule has 0 radical (unpaired) electrons. The molecule has 1 saturated heterocycles. The van der Waals surface area contributed by atoms with Crippen molar-refractivity contribution in [2.45, 2.75) is 31.6 Å². The molecule has 0 spiro atoms. The fraction of sp³-hybridized carbons (Fsp3) is 0.316. The van der Waals surface area contributed by atoms with Gasteiger partial charge in [-0.2, -0.15) is 13.2 Å². The number of amides is 2. The molecule has 1 aliphatic heterocycles. The fourth-order valence-electron chi connectivity index (χ4n) is 3.09. The number of piperidine rings is 1. The van der Waals surface area contributed by atoms with Crippen LogP contribution in [-0.2, 0) is 17.5 Å². The fourth-order valence-corrected chi connectivity index (χ4v) is 3.09. The number of nitrogens with zero attached hydrogens (tertiary/aromatic N) is 1. The number of aromatic nitrogens is 1. The van der Waals surface area contributed by atoms with E-state index in [4.69, 9.17) is 0 Å². The maximum Gasteiger partial charge on any atom is 0.417 e. The molecule has 0 saturated carbocycles. The van der Waals surface area contributed by atoms with Crippen LogP contribution < -0.4 is 10.9 Å². The van der Waals surface area contributed by atoms with E-state index in [1.807, 2.05) is 35.3 Å². The molecule has 2 heterocycles. The summed E-state index contributed by atoms with van der Waals surface area (Å²) in [6.45, 7) is 0.889. The number of rotatable bonds is 4. The number of H-pyrrole nitrogens is 1. The number of carbonyl (C=O) groups excluding carboxylic acids is 2. The summed E-state index contributed by atoms with van der Waals surface area (Å²) in [4.78, 5) is 40.3. The minimum atomic E-state index is -4.70. The molecule has 1 fully saturated rings. The quantitative estimate of drug-likeness (QED) is 0.837. The predicted molar refractivity (Wildman–Crippen MR) is 94.4 cm³/mol. The summed E-state index contributed by atoms with van der Waals surface area (Å²) >= 11 is 0. The first-order chi connectivity index (χ1) is 13.3. The Morgan fingerprint density at radius 1 is 1.21 bits per heavy atom. The highest BCUT2D eigenvalue weighted by Crippen LogP contribution is 2.28. The first kappa shape index (κ1) is 19.7. The molecule has 1 aromatic carbocycles. The van der Waals surface area contributed by atoms with Crippen LogP contribution >= 0.6 is 0 Å². The molecule has 6 nitrogen and oxygen atoms in total. The monoisotopic (exact) mass is 393 g/mol. The Balaban J connectivity index is 1.73. The smallest absolute Gasteiger partial charge is 0.340 e. The Morgan fingerprint density at radius 2 is 1.93 bits per heavy atom. The van der Waals surface area contributed by atoms with Crippen molar-refractivity contribution in [1.82, 2.24) is 15.2 Å². The average Bonchev–Trinajstić information content (AvgIpc) is 2.65. The Morgan fingerprint density at radius 3 is 2.61 bits per heavy atom. The molecule has 1 atom stereocenters. The van der Waals surface area contributed by atoms with Gasteiger partial charge in [-0.1, -0.05) is 30.3 Å². The van der Waals surface area contributed by atoms with Crippen molar-refractivity contribution in [3.8, 4) is 0 Å². The second kappa shape index (κ2) is 7.87. The van der Waals surface area contributed by atoms with Crippen LogP contribution in [0, 0.1) is 0 Å². The van der Waals surface area contributed by atoms with Gasteiger partial charge in [0, 0.05) is 19.3 Å². The SMILES string of the molecule is O=C(NC1CCCN(Cc2ccccc2)C1=O)c1cc(C(F)(F)F)c[nH]c1=O. The number of halogens is 3. The lowest BCUT2D eigenvalue weighted by Gasteiger charge is -2.32. The van der Waals surface area contributed by atoms with E-state index in [-0.39, 0.29) is 5.91 Å². The van der Waals surface area contributed by atoms with Gasteiger partial charge in [0.15, 0.2) is 0 Å². The number of likely N-dealkylation sites (tertiary alicyclic amines) is 1. The molecule has 2 aromatic rings. The van der Waals surface area contributed by atoms with E-state index in [0.717, 1.165) is 5.56 Å². The number of hydrogen-bond acceptors (Lipinski definition) is 3. The Hall–Kier alpha value is -3.10. The molecular formula is C19H18F3N3O3. The van der Waals surface area contributed by atoms with Crippen molar-refractivity contribution in [2.75, 3.05) is 6.54 Å². The molecular weight excluding hydrogens is 375 g/mol. The van der Waals surface area contributed by atoms with Gasteiger partial charge < -0.3 is 15.2 Å².